The number of aryl methyl sites for hydroxylation is 1. The van der Waals surface area contributed by atoms with Gasteiger partial charge >= 0.3 is 0 Å². The molecule has 0 aliphatic rings. The Balaban J connectivity index is 1.95. The predicted octanol–water partition coefficient (Wildman–Crippen LogP) is 3.20. The molecule has 3 rings (SSSR count). The molecule has 0 spiro atoms. The summed E-state index contributed by atoms with van der Waals surface area (Å²) in [4.78, 5) is 30.1. The number of carbonyl (C=O) groups is 1. The number of hydrogen-bond donors (Lipinski definition) is 1. The summed E-state index contributed by atoms with van der Waals surface area (Å²) >= 11 is 1.39. The number of carbonyl (C=O) groups excluding carboxylic acids is 1. The second-order valence-corrected chi connectivity index (χ2v) is 6.17. The van der Waals surface area contributed by atoms with E-state index in [1.165, 1.54) is 15.7 Å². The highest BCUT2D eigenvalue weighted by molar-refractivity contribution is 7.15. The maximum Gasteiger partial charge on any atom is 0.282 e. The van der Waals surface area contributed by atoms with Crippen molar-refractivity contribution >= 4 is 27.9 Å². The molecule has 118 valence electrons. The van der Waals surface area contributed by atoms with Crippen LogP contribution in [0.25, 0.3) is 4.96 Å². The number of thiazole rings is 1. The molecule has 1 atom stereocenters. The van der Waals surface area contributed by atoms with Gasteiger partial charge in [0.2, 0.25) is 5.91 Å². The van der Waals surface area contributed by atoms with Crippen LogP contribution in [0.1, 0.15) is 30.5 Å². The molecule has 2 heterocycles. The van der Waals surface area contributed by atoms with Gasteiger partial charge in [0, 0.05) is 11.6 Å². The first-order chi connectivity index (χ1) is 11.1. The predicted molar refractivity (Wildman–Crippen MR) is 92.2 cm³/mol. The molecular formula is C17H17N3O2S. The number of rotatable bonds is 4. The van der Waals surface area contributed by atoms with Crippen LogP contribution in [0.4, 0.5) is 5.69 Å². The zero-order valence-corrected chi connectivity index (χ0v) is 13.8. The third kappa shape index (κ3) is 2.90. The molecule has 1 aromatic carbocycles. The van der Waals surface area contributed by atoms with Crippen LogP contribution in [-0.4, -0.2) is 15.3 Å². The number of nitrogens with one attached hydrogen (secondary N) is 1. The van der Waals surface area contributed by atoms with E-state index in [1.54, 1.807) is 18.5 Å². The van der Waals surface area contributed by atoms with Gasteiger partial charge in [-0.3, -0.25) is 14.0 Å². The van der Waals surface area contributed by atoms with Gasteiger partial charge in [-0.15, -0.1) is 11.3 Å². The summed E-state index contributed by atoms with van der Waals surface area (Å²) in [6.07, 6.45) is 2.32. The maximum absolute atomic E-state index is 12.6. The summed E-state index contributed by atoms with van der Waals surface area (Å²) in [7, 11) is 0. The lowest BCUT2D eigenvalue weighted by atomic mass is 9.95. The summed E-state index contributed by atoms with van der Waals surface area (Å²) in [5.41, 5.74) is 1.48. The fourth-order valence-electron chi connectivity index (χ4n) is 2.59. The number of aromatic nitrogens is 2. The van der Waals surface area contributed by atoms with E-state index in [-0.39, 0.29) is 23.1 Å². The standard InChI is InChI=1S/C17H17N3O2S/c1-3-13(12-7-5-4-6-8-12)15(21)19-14-11(2)18-17-20(16(14)22)9-10-23-17/h4-10,13H,3H2,1-2H3,(H,19,21). The average molecular weight is 327 g/mol. The maximum atomic E-state index is 12.6. The van der Waals surface area contributed by atoms with Gasteiger partial charge in [0.25, 0.3) is 5.56 Å². The first kappa shape index (κ1) is 15.4. The van der Waals surface area contributed by atoms with Crippen LogP contribution < -0.4 is 10.9 Å². The Bertz CT molecular complexity index is 899. The summed E-state index contributed by atoms with van der Waals surface area (Å²) < 4.78 is 1.46. The summed E-state index contributed by atoms with van der Waals surface area (Å²) in [5.74, 6) is -0.478. The first-order valence-electron chi connectivity index (χ1n) is 7.44. The minimum Gasteiger partial charge on any atom is -0.319 e. The van der Waals surface area contributed by atoms with Crippen molar-refractivity contribution < 1.29 is 4.79 Å². The van der Waals surface area contributed by atoms with Crippen LogP contribution in [0.5, 0.6) is 0 Å². The van der Waals surface area contributed by atoms with Gasteiger partial charge in [0.1, 0.15) is 5.69 Å². The number of fused-ring (bicyclic) bond motifs is 1. The van der Waals surface area contributed by atoms with Crippen molar-refractivity contribution in [3.63, 3.8) is 0 Å². The third-order valence-corrected chi connectivity index (χ3v) is 4.58. The normalized spacial score (nSPS) is 12.3. The minimum absolute atomic E-state index is 0.184. The van der Waals surface area contributed by atoms with Crippen molar-refractivity contribution in [1.29, 1.82) is 0 Å². The van der Waals surface area contributed by atoms with Crippen molar-refractivity contribution in [2.75, 3.05) is 5.32 Å². The molecule has 0 saturated carbocycles. The van der Waals surface area contributed by atoms with E-state index >= 15 is 0 Å². The number of anilines is 1. The van der Waals surface area contributed by atoms with Crippen molar-refractivity contribution in [1.82, 2.24) is 9.38 Å². The van der Waals surface area contributed by atoms with Gasteiger partial charge in [0.15, 0.2) is 4.96 Å². The molecule has 3 aromatic rings. The van der Waals surface area contributed by atoms with Crippen LogP contribution >= 0.6 is 11.3 Å². The topological polar surface area (TPSA) is 63.5 Å². The van der Waals surface area contributed by atoms with Crippen LogP contribution in [0, 0.1) is 6.92 Å². The van der Waals surface area contributed by atoms with Gasteiger partial charge in [-0.25, -0.2) is 4.98 Å². The van der Waals surface area contributed by atoms with E-state index in [4.69, 9.17) is 0 Å². The smallest absolute Gasteiger partial charge is 0.282 e. The molecular weight excluding hydrogens is 310 g/mol. The third-order valence-electron chi connectivity index (χ3n) is 3.82. The molecule has 0 aliphatic carbocycles. The largest absolute Gasteiger partial charge is 0.319 e. The van der Waals surface area contributed by atoms with E-state index in [9.17, 15) is 9.59 Å². The molecule has 23 heavy (non-hydrogen) atoms. The van der Waals surface area contributed by atoms with Crippen molar-refractivity contribution in [2.45, 2.75) is 26.2 Å². The second kappa shape index (κ2) is 6.34. The number of benzene rings is 1. The lowest BCUT2D eigenvalue weighted by Gasteiger charge is -2.16. The Kier molecular flexibility index (Phi) is 4.25. The fraction of sp³-hybridized carbons (Fsp3) is 0.235. The summed E-state index contributed by atoms with van der Waals surface area (Å²) in [5, 5.41) is 4.58. The lowest BCUT2D eigenvalue weighted by Crippen LogP contribution is -2.27. The quantitative estimate of drug-likeness (QED) is 0.800. The monoisotopic (exact) mass is 327 g/mol. The molecule has 5 nitrogen and oxygen atoms in total. The second-order valence-electron chi connectivity index (χ2n) is 5.29. The molecule has 0 radical (unpaired) electrons. The fourth-order valence-corrected chi connectivity index (χ4v) is 3.35. The Morgan fingerprint density at radius 1 is 1.35 bits per heavy atom. The molecule has 0 fully saturated rings. The first-order valence-corrected chi connectivity index (χ1v) is 8.32. The van der Waals surface area contributed by atoms with Gasteiger partial charge in [0.05, 0.1) is 11.6 Å². The van der Waals surface area contributed by atoms with Gasteiger partial charge in [-0.2, -0.15) is 0 Å². The molecule has 6 heteroatoms. The number of amides is 1. The molecule has 1 amide bonds. The van der Waals surface area contributed by atoms with E-state index in [2.05, 4.69) is 10.3 Å². The van der Waals surface area contributed by atoms with Gasteiger partial charge in [-0.05, 0) is 18.9 Å². The Morgan fingerprint density at radius 3 is 2.78 bits per heavy atom. The number of nitrogens with zero attached hydrogens (tertiary/aromatic N) is 2. The molecule has 0 saturated heterocycles. The van der Waals surface area contributed by atoms with E-state index in [1.807, 2.05) is 37.3 Å². The van der Waals surface area contributed by atoms with E-state index in [0.29, 0.717) is 17.1 Å². The molecule has 1 unspecified atom stereocenters. The van der Waals surface area contributed by atoms with Crippen molar-refractivity contribution in [3.05, 3.63) is 63.5 Å². The molecule has 2 aromatic heterocycles. The average Bonchev–Trinajstić information content (AvgIpc) is 3.01. The van der Waals surface area contributed by atoms with Crippen LogP contribution in [-0.2, 0) is 4.79 Å². The van der Waals surface area contributed by atoms with Crippen molar-refractivity contribution in [2.24, 2.45) is 0 Å². The Morgan fingerprint density at radius 2 is 2.09 bits per heavy atom. The molecule has 0 bridgehead atoms. The van der Waals surface area contributed by atoms with Crippen LogP contribution in [0.15, 0.2) is 46.7 Å². The van der Waals surface area contributed by atoms with Crippen LogP contribution in [0.3, 0.4) is 0 Å². The minimum atomic E-state index is -0.293. The zero-order chi connectivity index (χ0) is 16.4. The molecule has 0 aliphatic heterocycles. The van der Waals surface area contributed by atoms with Crippen LogP contribution in [0.2, 0.25) is 0 Å². The van der Waals surface area contributed by atoms with E-state index in [0.717, 1.165) is 5.56 Å². The highest BCUT2D eigenvalue weighted by atomic mass is 32.1. The highest BCUT2D eigenvalue weighted by Gasteiger charge is 2.21. The Labute approximate surface area is 137 Å². The highest BCUT2D eigenvalue weighted by Crippen LogP contribution is 2.21. The molecule has 1 N–H and O–H groups in total. The number of hydrogen-bond acceptors (Lipinski definition) is 4. The zero-order valence-electron chi connectivity index (χ0n) is 12.9. The van der Waals surface area contributed by atoms with E-state index < -0.39 is 0 Å². The van der Waals surface area contributed by atoms with Gasteiger partial charge in [-0.1, -0.05) is 37.3 Å². The summed E-state index contributed by atoms with van der Waals surface area (Å²) in [6.45, 7) is 3.69. The summed E-state index contributed by atoms with van der Waals surface area (Å²) in [6, 6.07) is 9.58. The van der Waals surface area contributed by atoms with Gasteiger partial charge < -0.3 is 5.32 Å². The lowest BCUT2D eigenvalue weighted by molar-refractivity contribution is -0.117. The van der Waals surface area contributed by atoms with Crippen molar-refractivity contribution in [3.8, 4) is 0 Å². The SMILES string of the molecule is CCC(C(=O)Nc1c(C)nc2sccn2c1=O)c1ccccc1. The Hall–Kier alpha value is -2.47.